The highest BCUT2D eigenvalue weighted by molar-refractivity contribution is 5.18. The fraction of sp³-hybridized carbons (Fsp3) is 0.667. The second-order valence-corrected chi connectivity index (χ2v) is 3.28. The maximum Gasteiger partial charge on any atom is 0.109 e. The van der Waals surface area contributed by atoms with Crippen LogP contribution in [-0.4, -0.2) is 16.5 Å². The lowest BCUT2D eigenvalue weighted by atomic mass is 10.1. The Hall–Kier alpha value is -0.860. The average Bonchev–Trinajstić information content (AvgIpc) is 2.32. The van der Waals surface area contributed by atoms with Crippen LogP contribution in [0.15, 0.2) is 6.20 Å². The Bertz CT molecular complexity index is 253. The van der Waals surface area contributed by atoms with Crippen LogP contribution in [0.2, 0.25) is 0 Å². The van der Waals surface area contributed by atoms with Gasteiger partial charge in [0.15, 0.2) is 0 Å². The first-order valence-corrected chi connectivity index (χ1v) is 4.25. The van der Waals surface area contributed by atoms with E-state index >= 15 is 0 Å². The van der Waals surface area contributed by atoms with Gasteiger partial charge in [-0.3, -0.25) is 4.68 Å². The predicted molar refractivity (Wildman–Crippen MR) is 47.0 cm³/mol. The molecule has 3 heteroatoms. The van der Waals surface area contributed by atoms with Gasteiger partial charge in [-0.15, -0.1) is 0 Å². The van der Waals surface area contributed by atoms with Crippen LogP contribution in [0.5, 0.6) is 0 Å². The number of aromatic nitrogens is 2. The van der Waals surface area contributed by atoms with E-state index in [2.05, 4.69) is 18.9 Å². The Morgan fingerprint density at radius 1 is 1.58 bits per heavy atom. The summed E-state index contributed by atoms with van der Waals surface area (Å²) in [5.74, 6) is 0.416. The quantitative estimate of drug-likeness (QED) is 0.680. The molecule has 68 valence electrons. The average molecular weight is 170 g/mol. The fourth-order valence-electron chi connectivity index (χ4n) is 1.50. The van der Waals surface area contributed by atoms with E-state index in [1.165, 1.54) is 0 Å². The Labute approximate surface area is 72.4 Å². The summed E-state index contributed by atoms with van der Waals surface area (Å²) in [6, 6.07) is 0. The van der Waals surface area contributed by atoms with Crippen LogP contribution in [0.4, 0.5) is 4.39 Å². The zero-order valence-electron chi connectivity index (χ0n) is 7.84. The lowest BCUT2D eigenvalue weighted by Crippen LogP contribution is -2.08. The molecule has 0 aromatic carbocycles. The van der Waals surface area contributed by atoms with E-state index in [0.717, 1.165) is 11.3 Å². The van der Waals surface area contributed by atoms with Crippen molar-refractivity contribution in [1.29, 1.82) is 0 Å². The van der Waals surface area contributed by atoms with E-state index in [4.69, 9.17) is 0 Å². The van der Waals surface area contributed by atoms with Gasteiger partial charge in [0, 0.05) is 5.69 Å². The van der Waals surface area contributed by atoms with Crippen LogP contribution in [-0.2, 0) is 6.54 Å². The molecule has 1 heterocycles. The Balaban J connectivity index is 2.95. The van der Waals surface area contributed by atoms with Gasteiger partial charge >= 0.3 is 0 Å². The molecule has 1 aromatic heterocycles. The van der Waals surface area contributed by atoms with Crippen molar-refractivity contribution in [3.05, 3.63) is 17.5 Å². The van der Waals surface area contributed by atoms with Crippen molar-refractivity contribution in [2.45, 2.75) is 33.2 Å². The maximum absolute atomic E-state index is 12.1. The number of rotatable bonds is 3. The molecule has 0 N–H and O–H groups in total. The van der Waals surface area contributed by atoms with Gasteiger partial charge in [-0.25, -0.2) is 4.39 Å². The monoisotopic (exact) mass is 170 g/mol. The molecule has 0 aliphatic carbocycles. The number of hydrogen-bond acceptors (Lipinski definition) is 1. The minimum Gasteiger partial charge on any atom is -0.266 e. The summed E-state index contributed by atoms with van der Waals surface area (Å²) >= 11 is 0. The maximum atomic E-state index is 12.1. The Morgan fingerprint density at radius 3 is 2.75 bits per heavy atom. The third-order valence-corrected chi connectivity index (χ3v) is 1.92. The first kappa shape index (κ1) is 9.23. The summed E-state index contributed by atoms with van der Waals surface area (Å²) in [4.78, 5) is 0. The largest absolute Gasteiger partial charge is 0.266 e. The van der Waals surface area contributed by atoms with Crippen molar-refractivity contribution < 1.29 is 4.39 Å². The molecule has 0 aliphatic heterocycles. The normalized spacial score (nSPS) is 11.1. The summed E-state index contributed by atoms with van der Waals surface area (Å²) in [6.45, 7) is 6.23. The van der Waals surface area contributed by atoms with Crippen molar-refractivity contribution in [2.75, 3.05) is 6.67 Å². The molecule has 1 aromatic rings. The zero-order valence-corrected chi connectivity index (χ0v) is 7.84. The number of aryl methyl sites for hydroxylation is 2. The zero-order chi connectivity index (χ0) is 9.14. The molecule has 0 radical (unpaired) electrons. The van der Waals surface area contributed by atoms with Gasteiger partial charge in [0.1, 0.15) is 6.67 Å². The number of alkyl halides is 1. The second kappa shape index (κ2) is 3.70. The van der Waals surface area contributed by atoms with E-state index < -0.39 is 0 Å². The molecule has 2 nitrogen and oxygen atoms in total. The summed E-state index contributed by atoms with van der Waals surface area (Å²) in [7, 11) is 0. The van der Waals surface area contributed by atoms with E-state index in [9.17, 15) is 4.39 Å². The molecule has 1 rings (SSSR count). The molecule has 0 atom stereocenters. The predicted octanol–water partition coefficient (Wildman–Crippen LogP) is 2.28. The van der Waals surface area contributed by atoms with Crippen LogP contribution in [0.1, 0.15) is 31.0 Å². The molecule has 0 saturated heterocycles. The van der Waals surface area contributed by atoms with E-state index in [1.54, 1.807) is 10.9 Å². The van der Waals surface area contributed by atoms with E-state index in [-0.39, 0.29) is 6.67 Å². The molecule has 0 amide bonds. The summed E-state index contributed by atoms with van der Waals surface area (Å²) < 4.78 is 13.8. The topological polar surface area (TPSA) is 17.8 Å². The van der Waals surface area contributed by atoms with Gasteiger partial charge in [0.25, 0.3) is 0 Å². The van der Waals surface area contributed by atoms with E-state index in [0.29, 0.717) is 12.5 Å². The summed E-state index contributed by atoms with van der Waals surface area (Å²) in [5, 5.41) is 4.10. The number of nitrogens with zero attached hydrogens (tertiary/aromatic N) is 2. The SMILES string of the molecule is Cc1cnn(CCF)c1C(C)C. The number of hydrogen-bond donors (Lipinski definition) is 0. The molecular formula is C9H15FN2. The first-order valence-electron chi connectivity index (χ1n) is 4.25. The molecule has 0 spiro atoms. The lowest BCUT2D eigenvalue weighted by Gasteiger charge is -2.09. The van der Waals surface area contributed by atoms with Crippen molar-refractivity contribution in [3.63, 3.8) is 0 Å². The van der Waals surface area contributed by atoms with Crippen molar-refractivity contribution in [1.82, 2.24) is 9.78 Å². The minimum absolute atomic E-state index is 0.346. The highest BCUT2D eigenvalue weighted by Crippen LogP contribution is 2.17. The number of halogens is 1. The summed E-state index contributed by atoms with van der Waals surface area (Å²) in [5.41, 5.74) is 2.30. The Morgan fingerprint density at radius 2 is 2.25 bits per heavy atom. The van der Waals surface area contributed by atoms with Crippen LogP contribution < -0.4 is 0 Å². The van der Waals surface area contributed by atoms with Crippen LogP contribution in [0.3, 0.4) is 0 Å². The molecule has 0 aliphatic rings. The fourth-order valence-corrected chi connectivity index (χ4v) is 1.50. The minimum atomic E-state index is -0.346. The van der Waals surface area contributed by atoms with Crippen LogP contribution in [0.25, 0.3) is 0 Å². The highest BCUT2D eigenvalue weighted by atomic mass is 19.1. The van der Waals surface area contributed by atoms with E-state index in [1.807, 2.05) is 6.92 Å². The standard InChI is InChI=1S/C9H15FN2/c1-7(2)9-8(3)6-11-12(9)5-4-10/h6-7H,4-5H2,1-3H3. The van der Waals surface area contributed by atoms with Crippen LogP contribution >= 0.6 is 0 Å². The molecule has 0 fully saturated rings. The summed E-state index contributed by atoms with van der Waals surface area (Å²) in [6.07, 6.45) is 1.80. The van der Waals surface area contributed by atoms with Crippen LogP contribution in [0, 0.1) is 6.92 Å². The van der Waals surface area contributed by atoms with Crippen molar-refractivity contribution in [3.8, 4) is 0 Å². The molecule has 0 unspecified atom stereocenters. The van der Waals surface area contributed by atoms with Gasteiger partial charge in [0.2, 0.25) is 0 Å². The smallest absolute Gasteiger partial charge is 0.109 e. The Kier molecular flexibility index (Phi) is 2.84. The van der Waals surface area contributed by atoms with Gasteiger partial charge in [0.05, 0.1) is 12.7 Å². The lowest BCUT2D eigenvalue weighted by molar-refractivity contribution is 0.416. The van der Waals surface area contributed by atoms with Gasteiger partial charge in [-0.2, -0.15) is 5.10 Å². The van der Waals surface area contributed by atoms with Crippen molar-refractivity contribution >= 4 is 0 Å². The molecular weight excluding hydrogens is 155 g/mol. The second-order valence-electron chi connectivity index (χ2n) is 3.28. The third-order valence-electron chi connectivity index (χ3n) is 1.92. The molecule has 0 bridgehead atoms. The van der Waals surface area contributed by atoms with Crippen molar-refractivity contribution in [2.24, 2.45) is 0 Å². The van der Waals surface area contributed by atoms with Gasteiger partial charge < -0.3 is 0 Å². The van der Waals surface area contributed by atoms with Gasteiger partial charge in [-0.05, 0) is 18.4 Å². The molecule has 0 saturated carbocycles. The van der Waals surface area contributed by atoms with Gasteiger partial charge in [-0.1, -0.05) is 13.8 Å². The molecule has 12 heavy (non-hydrogen) atoms. The third kappa shape index (κ3) is 1.65. The highest BCUT2D eigenvalue weighted by Gasteiger charge is 2.10. The first-order chi connectivity index (χ1) is 5.66.